The molecule has 0 saturated carbocycles. The number of rotatable bonds is 8. The van der Waals surface area contributed by atoms with Gasteiger partial charge < -0.3 is 21.1 Å². The number of halogens is 1. The molecule has 1 aromatic rings. The van der Waals surface area contributed by atoms with E-state index in [0.29, 0.717) is 6.21 Å². The van der Waals surface area contributed by atoms with E-state index in [1.807, 2.05) is 5.32 Å². The van der Waals surface area contributed by atoms with Gasteiger partial charge in [-0.25, -0.2) is 9.18 Å². The Morgan fingerprint density at radius 3 is 2.65 bits per heavy atom. The van der Waals surface area contributed by atoms with Crippen molar-refractivity contribution in [2.24, 2.45) is 0 Å². The molecule has 1 rings (SSSR count). The summed E-state index contributed by atoms with van der Waals surface area (Å²) in [6.45, 7) is 0. The summed E-state index contributed by atoms with van der Waals surface area (Å²) in [5, 5.41) is 20.8. The second-order valence-corrected chi connectivity index (χ2v) is 4.45. The summed E-state index contributed by atoms with van der Waals surface area (Å²) in [5.41, 5.74) is 8.01. The Balaban J connectivity index is 2.69. The highest BCUT2D eigenvalue weighted by Gasteiger charge is 2.26. The molecule has 2 atom stereocenters. The van der Waals surface area contributed by atoms with E-state index in [1.165, 1.54) is 0 Å². The largest absolute Gasteiger partial charge is 0.480 e. The van der Waals surface area contributed by atoms with Crippen LogP contribution in [0.3, 0.4) is 0 Å². The van der Waals surface area contributed by atoms with E-state index in [1.54, 1.807) is 0 Å². The lowest BCUT2D eigenvalue weighted by Gasteiger charge is -2.16. The first-order chi connectivity index (χ1) is 10.8. The maximum Gasteiger partial charge on any atom is 0.326 e. The van der Waals surface area contributed by atoms with Crippen LogP contribution >= 0.6 is 0 Å². The van der Waals surface area contributed by atoms with E-state index in [2.05, 4.69) is 9.77 Å². The van der Waals surface area contributed by atoms with Crippen molar-refractivity contribution in [3.8, 4) is 0 Å². The number of carboxylic acids is 1. The van der Waals surface area contributed by atoms with Gasteiger partial charge in [0.25, 0.3) is 5.91 Å². The number of aliphatic hydroxyl groups excluding tert-OH is 1. The summed E-state index contributed by atoms with van der Waals surface area (Å²) in [4.78, 5) is 40.0. The number of pyridine rings is 1. The van der Waals surface area contributed by atoms with Crippen molar-refractivity contribution in [2.75, 3.05) is 0 Å². The van der Waals surface area contributed by atoms with Crippen molar-refractivity contribution in [3.05, 3.63) is 35.4 Å². The fourth-order valence-corrected chi connectivity index (χ4v) is 1.61. The van der Waals surface area contributed by atoms with Gasteiger partial charge in [0, 0.05) is 6.42 Å². The lowest BCUT2D eigenvalue weighted by Crippen LogP contribution is -2.43. The summed E-state index contributed by atoms with van der Waals surface area (Å²) in [6, 6.07) is 0.630. The molecule has 122 valence electrons. The lowest BCUT2D eigenvalue weighted by atomic mass is 10.1. The second kappa shape index (κ2) is 8.47. The average Bonchev–Trinajstić information content (AvgIpc) is 2.51. The highest BCUT2D eigenvalue weighted by Crippen LogP contribution is 2.11. The minimum absolute atomic E-state index is 0.156. The summed E-state index contributed by atoms with van der Waals surface area (Å²) >= 11 is 0. The zero-order valence-electron chi connectivity index (χ0n) is 11.7. The predicted octanol–water partition coefficient (Wildman–Crippen LogP) is -0.527. The smallest absolute Gasteiger partial charge is 0.326 e. The fourth-order valence-electron chi connectivity index (χ4n) is 1.61. The van der Waals surface area contributed by atoms with Gasteiger partial charge in [0.15, 0.2) is 6.10 Å². The van der Waals surface area contributed by atoms with Crippen LogP contribution in [0.2, 0.25) is 0 Å². The first kappa shape index (κ1) is 18.1. The number of carbonyl (C=O) groups is 3. The van der Waals surface area contributed by atoms with Crippen LogP contribution in [-0.2, 0) is 14.4 Å². The second-order valence-electron chi connectivity index (χ2n) is 4.45. The number of amides is 1. The van der Waals surface area contributed by atoms with E-state index < -0.39 is 35.6 Å². The predicted molar refractivity (Wildman–Crippen MR) is 72.6 cm³/mol. The topological polar surface area (TPSA) is 153 Å². The van der Waals surface area contributed by atoms with Gasteiger partial charge in [-0.3, -0.25) is 14.6 Å². The third-order valence-electron chi connectivity index (χ3n) is 2.77. The first-order valence-electron chi connectivity index (χ1n) is 6.38. The van der Waals surface area contributed by atoms with E-state index in [9.17, 15) is 23.9 Å². The average molecular weight is 324 g/mol. The monoisotopic (exact) mass is 324 g/mol. The highest BCUT2D eigenvalue weighted by molar-refractivity contribution is 6.25. The summed E-state index contributed by atoms with van der Waals surface area (Å²) in [7, 11) is 0. The number of nitrogens with zero attached hydrogens (tertiary/aromatic N) is 3. The van der Waals surface area contributed by atoms with Crippen LogP contribution in [0.15, 0.2) is 18.3 Å². The van der Waals surface area contributed by atoms with Crippen LogP contribution in [-0.4, -0.2) is 49.9 Å². The van der Waals surface area contributed by atoms with Gasteiger partial charge in [-0.1, -0.05) is 0 Å². The zero-order valence-corrected chi connectivity index (χ0v) is 11.7. The van der Waals surface area contributed by atoms with Crippen LogP contribution in [0, 0.1) is 5.82 Å². The quantitative estimate of drug-likeness (QED) is 0.332. The number of aliphatic hydroxyl groups is 1. The van der Waals surface area contributed by atoms with Crippen LogP contribution < -0.4 is 5.32 Å². The fraction of sp³-hybridized carbons (Fsp3) is 0.308. The number of Topliss-reactive ketones (excluding diaryl/α,β-unsaturated/α-hetero) is 1. The lowest BCUT2D eigenvalue weighted by molar-refractivity contribution is -0.143. The molecule has 0 radical (unpaired) electrons. The van der Waals surface area contributed by atoms with Crippen LogP contribution in [0.25, 0.3) is 5.53 Å². The summed E-state index contributed by atoms with van der Waals surface area (Å²) in [5.74, 6) is -3.76. The number of aromatic nitrogens is 1. The van der Waals surface area contributed by atoms with Crippen molar-refractivity contribution >= 4 is 23.9 Å². The van der Waals surface area contributed by atoms with Gasteiger partial charge in [0.1, 0.15) is 11.9 Å². The first-order valence-corrected chi connectivity index (χ1v) is 6.38. The number of ketones is 1. The van der Waals surface area contributed by atoms with Crippen molar-refractivity contribution in [1.82, 2.24) is 10.3 Å². The molecule has 0 spiro atoms. The molecule has 0 unspecified atom stereocenters. The maximum atomic E-state index is 12.7. The maximum absolute atomic E-state index is 12.7. The Kier molecular flexibility index (Phi) is 6.66. The molecule has 1 heterocycles. The Bertz CT molecular complexity index is 642. The normalized spacial score (nSPS) is 12.6. The Hall–Kier alpha value is -2.97. The molecule has 1 amide bonds. The van der Waals surface area contributed by atoms with Crippen molar-refractivity contribution < 1.29 is 33.8 Å². The van der Waals surface area contributed by atoms with Gasteiger partial charge >= 0.3 is 12.2 Å². The number of carbonyl (C=O) groups excluding carboxylic acids is 2. The zero-order chi connectivity index (χ0) is 17.4. The van der Waals surface area contributed by atoms with Crippen molar-refractivity contribution in [3.63, 3.8) is 0 Å². The number of hydrogen-bond donors (Lipinski definition) is 3. The van der Waals surface area contributed by atoms with E-state index in [-0.39, 0.29) is 18.5 Å². The number of hydrogen-bond acceptors (Lipinski definition) is 5. The molecule has 3 N–H and O–H groups in total. The third-order valence-corrected chi connectivity index (χ3v) is 2.77. The molecule has 0 aliphatic heterocycles. The van der Waals surface area contributed by atoms with E-state index >= 15 is 0 Å². The van der Waals surface area contributed by atoms with Crippen LogP contribution in [0.4, 0.5) is 4.39 Å². The molecular formula is C13H13FN4O5. The molecule has 1 aromatic heterocycles. The summed E-state index contributed by atoms with van der Waals surface area (Å²) < 4.78 is 12.7. The minimum atomic E-state index is -1.79. The molecule has 0 saturated heterocycles. The number of aliphatic carboxylic acids is 1. The molecule has 0 aliphatic carbocycles. The highest BCUT2D eigenvalue weighted by atomic mass is 19.1. The van der Waals surface area contributed by atoms with E-state index in [0.717, 1.165) is 18.3 Å². The molecular weight excluding hydrogens is 311 g/mol. The van der Waals surface area contributed by atoms with Crippen LogP contribution in [0.5, 0.6) is 0 Å². The Labute approximate surface area is 129 Å². The molecule has 0 fully saturated rings. The standard InChI is InChI=1S/C13H13FN4O5/c14-7-1-3-9(16-5-7)11(20)12(21)18-10(13(22)23)4-2-8(19)6-17-15/h1,3,5-6,10-11,20H,2,4H2,(H,18,21)(H,22,23)/t10-,11+/m0/s1. The summed E-state index contributed by atoms with van der Waals surface area (Å²) in [6.07, 6.45) is -0.931. The van der Waals surface area contributed by atoms with Gasteiger partial charge in [0.2, 0.25) is 5.78 Å². The molecule has 9 nitrogen and oxygen atoms in total. The number of nitrogens with one attached hydrogen (secondary N) is 1. The Morgan fingerprint density at radius 2 is 2.13 bits per heavy atom. The SMILES string of the molecule is [N-]=[N+]=CC(=O)CC[C@H](NC(=O)[C@H](O)c1ccc(F)cn1)C(=O)O. The van der Waals surface area contributed by atoms with Crippen molar-refractivity contribution in [1.29, 1.82) is 0 Å². The minimum Gasteiger partial charge on any atom is -0.480 e. The van der Waals surface area contributed by atoms with E-state index in [4.69, 9.17) is 10.6 Å². The van der Waals surface area contributed by atoms with Gasteiger partial charge in [-0.15, -0.1) is 0 Å². The molecule has 0 bridgehead atoms. The van der Waals surface area contributed by atoms with Gasteiger partial charge in [0.05, 0.1) is 11.9 Å². The van der Waals surface area contributed by atoms with Crippen molar-refractivity contribution in [2.45, 2.75) is 25.0 Å². The van der Waals surface area contributed by atoms with Crippen LogP contribution in [0.1, 0.15) is 24.6 Å². The van der Waals surface area contributed by atoms with Gasteiger partial charge in [-0.05, 0) is 18.6 Å². The molecule has 0 aliphatic rings. The number of carboxylic acid groups (broad SMARTS) is 1. The molecule has 10 heteroatoms. The molecule has 23 heavy (non-hydrogen) atoms. The third kappa shape index (κ3) is 5.73. The Morgan fingerprint density at radius 1 is 1.43 bits per heavy atom. The van der Waals surface area contributed by atoms with Gasteiger partial charge in [-0.2, -0.15) is 4.79 Å². The molecule has 0 aromatic carbocycles.